The number of thiophene rings is 1. The van der Waals surface area contributed by atoms with Crippen LogP contribution < -0.4 is 15.9 Å². The molecule has 3 rings (SSSR count). The SMILES string of the molecule is NC(=O)COc1ccc(/C=N\NC(=O)c2csc3ccccc23)cc1. The van der Waals surface area contributed by atoms with Crippen molar-refractivity contribution in [2.45, 2.75) is 0 Å². The van der Waals surface area contributed by atoms with Gasteiger partial charge in [0.2, 0.25) is 0 Å². The molecule has 126 valence electrons. The lowest BCUT2D eigenvalue weighted by atomic mass is 10.2. The summed E-state index contributed by atoms with van der Waals surface area (Å²) in [4.78, 5) is 22.9. The van der Waals surface area contributed by atoms with Crippen molar-refractivity contribution in [3.8, 4) is 5.75 Å². The molecule has 0 aliphatic heterocycles. The fourth-order valence-electron chi connectivity index (χ4n) is 2.18. The van der Waals surface area contributed by atoms with Crippen LogP contribution in [0.15, 0.2) is 59.0 Å². The molecule has 7 heteroatoms. The average molecular weight is 353 g/mol. The molecular weight excluding hydrogens is 338 g/mol. The van der Waals surface area contributed by atoms with Crippen molar-refractivity contribution in [1.82, 2.24) is 5.43 Å². The van der Waals surface area contributed by atoms with E-state index in [-0.39, 0.29) is 12.5 Å². The van der Waals surface area contributed by atoms with Gasteiger partial charge in [-0.3, -0.25) is 9.59 Å². The number of hydrogen-bond donors (Lipinski definition) is 2. The number of fused-ring (bicyclic) bond motifs is 1. The van der Waals surface area contributed by atoms with Gasteiger partial charge < -0.3 is 10.5 Å². The van der Waals surface area contributed by atoms with Gasteiger partial charge in [0.15, 0.2) is 6.61 Å². The summed E-state index contributed by atoms with van der Waals surface area (Å²) >= 11 is 1.52. The molecule has 0 bridgehead atoms. The van der Waals surface area contributed by atoms with Gasteiger partial charge in [-0.15, -0.1) is 11.3 Å². The van der Waals surface area contributed by atoms with Crippen LogP contribution in [0.5, 0.6) is 5.75 Å². The fourth-order valence-corrected chi connectivity index (χ4v) is 3.12. The van der Waals surface area contributed by atoms with Gasteiger partial charge in [-0.1, -0.05) is 18.2 Å². The number of amides is 2. The zero-order valence-electron chi connectivity index (χ0n) is 13.1. The summed E-state index contributed by atoms with van der Waals surface area (Å²) in [5, 5.41) is 6.71. The highest BCUT2D eigenvalue weighted by molar-refractivity contribution is 7.17. The lowest BCUT2D eigenvalue weighted by molar-refractivity contribution is -0.119. The first-order valence-electron chi connectivity index (χ1n) is 7.44. The van der Waals surface area contributed by atoms with E-state index >= 15 is 0 Å². The molecule has 0 aliphatic carbocycles. The molecule has 0 saturated carbocycles. The van der Waals surface area contributed by atoms with Crippen LogP contribution in [0.3, 0.4) is 0 Å². The first kappa shape index (κ1) is 16.7. The topological polar surface area (TPSA) is 93.8 Å². The predicted molar refractivity (Wildman–Crippen MR) is 98.0 cm³/mol. The molecule has 0 aliphatic rings. The van der Waals surface area contributed by atoms with E-state index in [0.29, 0.717) is 11.3 Å². The van der Waals surface area contributed by atoms with Crippen LogP contribution >= 0.6 is 11.3 Å². The van der Waals surface area contributed by atoms with Gasteiger partial charge >= 0.3 is 0 Å². The second-order valence-corrected chi connectivity index (χ2v) is 6.08. The Kier molecular flexibility index (Phi) is 5.06. The van der Waals surface area contributed by atoms with Crippen LogP contribution in [0, 0.1) is 0 Å². The number of benzene rings is 2. The van der Waals surface area contributed by atoms with E-state index in [1.54, 1.807) is 24.3 Å². The van der Waals surface area contributed by atoms with Gasteiger partial charge in [0.05, 0.1) is 11.8 Å². The molecule has 1 aromatic heterocycles. The van der Waals surface area contributed by atoms with Crippen LogP contribution in [0.4, 0.5) is 0 Å². The lowest BCUT2D eigenvalue weighted by Gasteiger charge is -2.03. The number of carbonyl (C=O) groups is 2. The predicted octanol–water partition coefficient (Wildman–Crippen LogP) is 2.53. The molecule has 1 heterocycles. The Morgan fingerprint density at radius 2 is 1.92 bits per heavy atom. The Bertz CT molecular complexity index is 932. The zero-order valence-corrected chi connectivity index (χ0v) is 14.0. The minimum absolute atomic E-state index is 0.169. The first-order chi connectivity index (χ1) is 12.1. The number of nitrogens with zero attached hydrogens (tertiary/aromatic N) is 1. The third-order valence-electron chi connectivity index (χ3n) is 3.37. The Labute approximate surface area is 147 Å². The van der Waals surface area contributed by atoms with Gasteiger partial charge in [-0.25, -0.2) is 5.43 Å². The summed E-state index contributed by atoms with van der Waals surface area (Å²) in [5.41, 5.74) is 8.92. The van der Waals surface area contributed by atoms with Crippen molar-refractivity contribution in [3.05, 3.63) is 65.0 Å². The van der Waals surface area contributed by atoms with Gasteiger partial charge in [-0.2, -0.15) is 5.10 Å². The molecule has 25 heavy (non-hydrogen) atoms. The number of nitrogens with two attached hydrogens (primary N) is 1. The van der Waals surface area contributed by atoms with E-state index < -0.39 is 5.91 Å². The van der Waals surface area contributed by atoms with Crippen molar-refractivity contribution in [1.29, 1.82) is 0 Å². The standard InChI is InChI=1S/C18H15N3O3S/c19-17(22)10-24-13-7-5-12(6-8-13)9-20-21-18(23)15-11-25-16-4-2-1-3-14(15)16/h1-9,11H,10H2,(H2,19,22)(H,21,23)/b20-9-. The summed E-state index contributed by atoms with van der Waals surface area (Å²) < 4.78 is 6.23. The van der Waals surface area contributed by atoms with Gasteiger partial charge in [0, 0.05) is 15.5 Å². The fraction of sp³-hybridized carbons (Fsp3) is 0.0556. The van der Waals surface area contributed by atoms with Crippen molar-refractivity contribution >= 4 is 39.5 Å². The van der Waals surface area contributed by atoms with Crippen molar-refractivity contribution < 1.29 is 14.3 Å². The maximum atomic E-state index is 12.2. The monoisotopic (exact) mass is 353 g/mol. The summed E-state index contributed by atoms with van der Waals surface area (Å²) in [6.45, 7) is -0.169. The first-order valence-corrected chi connectivity index (χ1v) is 8.32. The van der Waals surface area contributed by atoms with E-state index in [1.165, 1.54) is 17.6 Å². The van der Waals surface area contributed by atoms with E-state index in [0.717, 1.165) is 15.6 Å². The smallest absolute Gasteiger partial charge is 0.272 e. The van der Waals surface area contributed by atoms with E-state index in [4.69, 9.17) is 10.5 Å². The molecular formula is C18H15N3O3S. The minimum atomic E-state index is -0.533. The van der Waals surface area contributed by atoms with Gasteiger partial charge in [0.1, 0.15) is 5.75 Å². The van der Waals surface area contributed by atoms with Crippen molar-refractivity contribution in [2.24, 2.45) is 10.8 Å². The maximum Gasteiger partial charge on any atom is 0.272 e. The Morgan fingerprint density at radius 3 is 2.68 bits per heavy atom. The third kappa shape index (κ3) is 4.21. The number of hydrazone groups is 1. The Hall–Kier alpha value is -3.19. The summed E-state index contributed by atoms with van der Waals surface area (Å²) in [7, 11) is 0. The molecule has 0 atom stereocenters. The quantitative estimate of drug-likeness (QED) is 0.527. The van der Waals surface area contributed by atoms with Gasteiger partial charge in [-0.05, 0) is 35.9 Å². The van der Waals surface area contributed by atoms with Crippen molar-refractivity contribution in [3.63, 3.8) is 0 Å². The molecule has 0 fully saturated rings. The summed E-state index contributed by atoms with van der Waals surface area (Å²) in [5.74, 6) is -0.255. The molecule has 3 aromatic rings. The normalized spacial score (nSPS) is 10.9. The number of primary amides is 1. The number of rotatable bonds is 6. The number of hydrogen-bond acceptors (Lipinski definition) is 5. The van der Waals surface area contributed by atoms with Gasteiger partial charge in [0.25, 0.3) is 11.8 Å². The number of carbonyl (C=O) groups excluding carboxylic acids is 2. The van der Waals surface area contributed by atoms with Crippen LogP contribution in [0.25, 0.3) is 10.1 Å². The molecule has 2 aromatic carbocycles. The Balaban J connectivity index is 1.61. The molecule has 0 spiro atoms. The molecule has 0 unspecified atom stereocenters. The Morgan fingerprint density at radius 1 is 1.16 bits per heavy atom. The molecule has 0 saturated heterocycles. The van der Waals surface area contributed by atoms with E-state index in [9.17, 15) is 9.59 Å². The highest BCUT2D eigenvalue weighted by Crippen LogP contribution is 2.25. The maximum absolute atomic E-state index is 12.2. The van der Waals surface area contributed by atoms with Crippen LogP contribution in [0.1, 0.15) is 15.9 Å². The third-order valence-corrected chi connectivity index (χ3v) is 4.33. The summed E-state index contributed by atoms with van der Waals surface area (Å²) in [6.07, 6.45) is 1.53. The highest BCUT2D eigenvalue weighted by Gasteiger charge is 2.10. The van der Waals surface area contributed by atoms with Crippen molar-refractivity contribution in [2.75, 3.05) is 6.61 Å². The van der Waals surface area contributed by atoms with Crippen LogP contribution in [-0.2, 0) is 4.79 Å². The van der Waals surface area contributed by atoms with E-state index in [2.05, 4.69) is 10.5 Å². The number of ether oxygens (including phenoxy) is 1. The second-order valence-electron chi connectivity index (χ2n) is 5.17. The summed E-state index contributed by atoms with van der Waals surface area (Å²) in [6, 6.07) is 14.6. The second kappa shape index (κ2) is 7.59. The largest absolute Gasteiger partial charge is 0.484 e. The average Bonchev–Trinajstić information content (AvgIpc) is 3.05. The van der Waals surface area contributed by atoms with E-state index in [1.807, 2.05) is 29.6 Å². The number of nitrogens with one attached hydrogen (secondary N) is 1. The minimum Gasteiger partial charge on any atom is -0.484 e. The molecule has 6 nitrogen and oxygen atoms in total. The van der Waals surface area contributed by atoms with Crippen LogP contribution in [0.2, 0.25) is 0 Å². The molecule has 2 amide bonds. The molecule has 0 radical (unpaired) electrons. The zero-order chi connectivity index (χ0) is 17.6. The lowest BCUT2D eigenvalue weighted by Crippen LogP contribution is -2.20. The van der Waals surface area contributed by atoms with Crippen LogP contribution in [-0.4, -0.2) is 24.6 Å². The highest BCUT2D eigenvalue weighted by atomic mass is 32.1. The molecule has 3 N–H and O–H groups in total.